The molecule has 0 bridgehead atoms. The molecule has 1 aliphatic carbocycles. The summed E-state index contributed by atoms with van der Waals surface area (Å²) in [5.74, 6) is -2.47. The van der Waals surface area contributed by atoms with Gasteiger partial charge in [0.05, 0.1) is 11.5 Å². The van der Waals surface area contributed by atoms with Crippen LogP contribution in [0, 0.1) is 11.3 Å². The molecular formula is C19H17N3O5S2. The average Bonchev–Trinajstić information content (AvgIpc) is 3.25. The van der Waals surface area contributed by atoms with Crippen LogP contribution in [0.25, 0.3) is 10.2 Å². The van der Waals surface area contributed by atoms with Crippen LogP contribution < -0.4 is 5.56 Å². The maximum absolute atomic E-state index is 12.8. The normalized spacial score (nSPS) is 15.0. The highest BCUT2D eigenvalue weighted by Gasteiger charge is 2.29. The third-order valence-electron chi connectivity index (χ3n) is 4.82. The van der Waals surface area contributed by atoms with E-state index in [2.05, 4.69) is 9.97 Å². The first kappa shape index (κ1) is 19.5. The first-order valence-corrected chi connectivity index (χ1v) is 11.9. The van der Waals surface area contributed by atoms with E-state index in [9.17, 15) is 23.3 Å². The molecule has 3 aromatic heterocycles. The van der Waals surface area contributed by atoms with Crippen LogP contribution in [0.15, 0.2) is 21.3 Å². The van der Waals surface area contributed by atoms with E-state index in [-0.39, 0.29) is 28.7 Å². The maximum atomic E-state index is 12.8. The lowest BCUT2D eigenvalue weighted by Gasteiger charge is -2.09. The second-order valence-electron chi connectivity index (χ2n) is 7.10. The minimum Gasteiger partial charge on any atom is -0.457 e. The lowest BCUT2D eigenvalue weighted by molar-refractivity contribution is 0.0947. The van der Waals surface area contributed by atoms with E-state index in [0.717, 1.165) is 42.4 Å². The summed E-state index contributed by atoms with van der Waals surface area (Å²) in [6, 6.07) is 4.58. The number of thiophene rings is 1. The van der Waals surface area contributed by atoms with Gasteiger partial charge in [0.2, 0.25) is 5.78 Å². The highest BCUT2D eigenvalue weighted by atomic mass is 32.2. The summed E-state index contributed by atoms with van der Waals surface area (Å²) >= 11 is 1.43. The van der Waals surface area contributed by atoms with Crippen LogP contribution in [0.5, 0.6) is 0 Å². The fraction of sp³-hybridized carbons (Fsp3) is 0.368. The summed E-state index contributed by atoms with van der Waals surface area (Å²) in [4.78, 5) is 34.1. The van der Waals surface area contributed by atoms with Crippen molar-refractivity contribution in [1.29, 1.82) is 5.26 Å². The van der Waals surface area contributed by atoms with Gasteiger partial charge in [-0.15, -0.1) is 11.3 Å². The van der Waals surface area contributed by atoms with Gasteiger partial charge in [-0.25, -0.2) is 13.4 Å². The van der Waals surface area contributed by atoms with E-state index in [1.807, 2.05) is 6.07 Å². The SMILES string of the molecule is CS(=O)(=O)Cc1ccc(C(=O)C(C#N)c2nc3sc4c(c3c(=O)[nH]2)CCCC4)o1. The van der Waals surface area contributed by atoms with Gasteiger partial charge < -0.3 is 9.40 Å². The Labute approximate surface area is 170 Å². The summed E-state index contributed by atoms with van der Waals surface area (Å²) in [6.45, 7) is 0. The molecule has 0 fully saturated rings. The second kappa shape index (κ2) is 7.24. The monoisotopic (exact) mass is 431 g/mol. The molecule has 4 rings (SSSR count). The van der Waals surface area contributed by atoms with Crippen LogP contribution in [0.4, 0.5) is 0 Å². The quantitative estimate of drug-likeness (QED) is 0.613. The van der Waals surface area contributed by atoms with E-state index in [1.165, 1.54) is 23.5 Å². The van der Waals surface area contributed by atoms with Crippen LogP contribution in [0.1, 0.15) is 51.3 Å². The number of carbonyl (C=O) groups is 1. The molecule has 3 aromatic rings. The number of carbonyl (C=O) groups excluding carboxylic acids is 1. The Kier molecular flexibility index (Phi) is 4.88. The molecule has 3 heterocycles. The number of rotatable bonds is 5. The van der Waals surface area contributed by atoms with Crippen molar-refractivity contribution < 1.29 is 17.6 Å². The van der Waals surface area contributed by atoms with Crippen molar-refractivity contribution in [2.24, 2.45) is 0 Å². The van der Waals surface area contributed by atoms with Gasteiger partial charge in [-0.2, -0.15) is 5.26 Å². The first-order valence-electron chi connectivity index (χ1n) is 9.01. The van der Waals surface area contributed by atoms with Gasteiger partial charge in [-0.05, 0) is 43.4 Å². The third kappa shape index (κ3) is 3.75. The number of sulfone groups is 1. The molecule has 10 heteroatoms. The van der Waals surface area contributed by atoms with Gasteiger partial charge in [0.15, 0.2) is 21.5 Å². The van der Waals surface area contributed by atoms with Crippen LogP contribution in [0.2, 0.25) is 0 Å². The number of hydrogen-bond donors (Lipinski definition) is 1. The summed E-state index contributed by atoms with van der Waals surface area (Å²) in [5, 5.41) is 10.1. The number of hydrogen-bond acceptors (Lipinski definition) is 8. The predicted octanol–water partition coefficient (Wildman–Crippen LogP) is 2.49. The van der Waals surface area contributed by atoms with Gasteiger partial charge in [0.25, 0.3) is 5.56 Å². The molecule has 0 amide bonds. The number of H-pyrrole nitrogens is 1. The van der Waals surface area contributed by atoms with Crippen LogP contribution in [0.3, 0.4) is 0 Å². The number of Topliss-reactive ketones (excluding diaryl/α,β-unsaturated/α-hetero) is 1. The van der Waals surface area contributed by atoms with E-state index in [4.69, 9.17) is 4.42 Å². The van der Waals surface area contributed by atoms with Crippen molar-refractivity contribution in [3.05, 3.63) is 50.3 Å². The molecule has 0 aromatic carbocycles. The van der Waals surface area contributed by atoms with Crippen molar-refractivity contribution in [3.8, 4) is 6.07 Å². The lowest BCUT2D eigenvalue weighted by Crippen LogP contribution is -2.19. The lowest BCUT2D eigenvalue weighted by atomic mass is 9.97. The molecule has 0 radical (unpaired) electrons. The number of nitrogens with zero attached hydrogens (tertiary/aromatic N) is 2. The van der Waals surface area contributed by atoms with E-state index in [0.29, 0.717) is 10.2 Å². The molecule has 150 valence electrons. The number of nitriles is 1. The Morgan fingerprint density at radius 1 is 1.38 bits per heavy atom. The first-order chi connectivity index (χ1) is 13.8. The van der Waals surface area contributed by atoms with E-state index in [1.54, 1.807) is 0 Å². The molecule has 0 saturated carbocycles. The van der Waals surface area contributed by atoms with Crippen molar-refractivity contribution in [2.75, 3.05) is 6.26 Å². The third-order valence-corrected chi connectivity index (χ3v) is 6.81. The topological polar surface area (TPSA) is 134 Å². The van der Waals surface area contributed by atoms with Crippen molar-refractivity contribution in [2.45, 2.75) is 37.4 Å². The average molecular weight is 431 g/mol. The summed E-state index contributed by atoms with van der Waals surface area (Å²) < 4.78 is 28.1. The highest BCUT2D eigenvalue weighted by molar-refractivity contribution is 7.89. The molecule has 0 spiro atoms. The number of aromatic amines is 1. The van der Waals surface area contributed by atoms with Crippen LogP contribution in [-0.4, -0.2) is 30.4 Å². The fourth-order valence-electron chi connectivity index (χ4n) is 3.55. The Morgan fingerprint density at radius 2 is 2.14 bits per heavy atom. The molecule has 0 aliphatic heterocycles. The van der Waals surface area contributed by atoms with Gasteiger partial charge >= 0.3 is 0 Å². The number of fused-ring (bicyclic) bond motifs is 3. The Balaban J connectivity index is 1.71. The van der Waals surface area contributed by atoms with Crippen molar-refractivity contribution in [1.82, 2.24) is 9.97 Å². The van der Waals surface area contributed by atoms with Gasteiger partial charge in [-0.3, -0.25) is 9.59 Å². The molecular weight excluding hydrogens is 414 g/mol. The van der Waals surface area contributed by atoms with Crippen molar-refractivity contribution >= 4 is 37.2 Å². The minimum absolute atomic E-state index is 0.0327. The maximum Gasteiger partial charge on any atom is 0.259 e. The van der Waals surface area contributed by atoms with Crippen LogP contribution in [-0.2, 0) is 28.4 Å². The Bertz CT molecular complexity index is 1320. The minimum atomic E-state index is -3.33. The zero-order chi connectivity index (χ0) is 20.8. The number of ketones is 1. The molecule has 1 aliphatic rings. The van der Waals surface area contributed by atoms with E-state index >= 15 is 0 Å². The summed E-state index contributed by atoms with van der Waals surface area (Å²) in [6.07, 6.45) is 4.88. The molecule has 1 N–H and O–H groups in total. The highest BCUT2D eigenvalue weighted by Crippen LogP contribution is 2.34. The molecule has 8 nitrogen and oxygen atoms in total. The van der Waals surface area contributed by atoms with Gasteiger partial charge in [-0.1, -0.05) is 0 Å². The van der Waals surface area contributed by atoms with Crippen molar-refractivity contribution in [3.63, 3.8) is 0 Å². The Hall–Kier alpha value is -2.77. The standard InChI is InChI=1S/C19H17N3O5S2/c1-29(25,26)9-10-6-7-13(27-10)16(23)12(8-20)17-21-18(24)15-11-4-2-3-5-14(11)28-19(15)22-17/h6-7,12H,2-5,9H2,1H3,(H,21,22,24). The number of aromatic nitrogens is 2. The molecule has 0 saturated heterocycles. The predicted molar refractivity (Wildman–Crippen MR) is 107 cm³/mol. The molecule has 29 heavy (non-hydrogen) atoms. The smallest absolute Gasteiger partial charge is 0.259 e. The zero-order valence-corrected chi connectivity index (χ0v) is 17.2. The summed E-state index contributed by atoms with van der Waals surface area (Å²) in [7, 11) is -3.33. The van der Waals surface area contributed by atoms with Gasteiger partial charge in [0, 0.05) is 11.1 Å². The molecule has 1 atom stereocenters. The zero-order valence-electron chi connectivity index (χ0n) is 15.5. The Morgan fingerprint density at radius 3 is 2.86 bits per heavy atom. The molecule has 1 unspecified atom stereocenters. The second-order valence-corrected chi connectivity index (χ2v) is 10.3. The number of aryl methyl sites for hydroxylation is 2. The van der Waals surface area contributed by atoms with Crippen LogP contribution >= 0.6 is 11.3 Å². The largest absolute Gasteiger partial charge is 0.457 e. The number of nitrogens with one attached hydrogen (secondary N) is 1. The fourth-order valence-corrected chi connectivity index (χ4v) is 5.49. The van der Waals surface area contributed by atoms with Gasteiger partial charge in [0.1, 0.15) is 22.2 Å². The summed E-state index contributed by atoms with van der Waals surface area (Å²) in [5.41, 5.74) is 0.669. The number of furan rings is 1. The van der Waals surface area contributed by atoms with E-state index < -0.39 is 21.5 Å².